The van der Waals surface area contributed by atoms with Gasteiger partial charge in [0.25, 0.3) is 0 Å². The highest BCUT2D eigenvalue weighted by Crippen LogP contribution is 2.24. The van der Waals surface area contributed by atoms with Gasteiger partial charge in [0.05, 0.1) is 11.4 Å². The Hall–Kier alpha value is -1.05. The first-order chi connectivity index (χ1) is 5.66. The maximum Gasteiger partial charge on any atom is 0.0663 e. The fraction of sp³-hybridized carbons (Fsp3) is 0.500. The van der Waals surface area contributed by atoms with Crippen LogP contribution in [0, 0.1) is 6.92 Å². The van der Waals surface area contributed by atoms with E-state index in [0.717, 1.165) is 23.4 Å². The summed E-state index contributed by atoms with van der Waals surface area (Å²) in [4.78, 5) is 4.28. The second-order valence-corrected chi connectivity index (χ2v) is 3.24. The van der Waals surface area contributed by atoms with Crippen LogP contribution in [0.15, 0.2) is 12.3 Å². The van der Waals surface area contributed by atoms with E-state index in [0.29, 0.717) is 5.92 Å². The average molecular weight is 164 g/mol. The van der Waals surface area contributed by atoms with Crippen molar-refractivity contribution >= 4 is 5.69 Å². The molecule has 1 atom stereocenters. The normalized spacial score (nSPS) is 12.9. The van der Waals surface area contributed by atoms with E-state index < -0.39 is 0 Å². The Morgan fingerprint density at radius 1 is 1.58 bits per heavy atom. The minimum Gasteiger partial charge on any atom is -0.397 e. The van der Waals surface area contributed by atoms with E-state index in [9.17, 15) is 0 Å². The minimum absolute atomic E-state index is 0.463. The number of nitrogens with two attached hydrogens (primary N) is 1. The molecule has 1 aromatic heterocycles. The fourth-order valence-corrected chi connectivity index (χ4v) is 1.18. The van der Waals surface area contributed by atoms with E-state index in [1.54, 1.807) is 0 Å². The Kier molecular flexibility index (Phi) is 2.69. The van der Waals surface area contributed by atoms with Gasteiger partial charge in [-0.2, -0.15) is 0 Å². The van der Waals surface area contributed by atoms with Crippen molar-refractivity contribution in [3.63, 3.8) is 0 Å². The zero-order valence-electron chi connectivity index (χ0n) is 7.96. The monoisotopic (exact) mass is 164 g/mol. The van der Waals surface area contributed by atoms with Gasteiger partial charge < -0.3 is 5.73 Å². The lowest BCUT2D eigenvalue weighted by molar-refractivity contribution is 0.710. The minimum atomic E-state index is 0.463. The van der Waals surface area contributed by atoms with Crippen molar-refractivity contribution in [2.24, 2.45) is 0 Å². The molecule has 12 heavy (non-hydrogen) atoms. The summed E-state index contributed by atoms with van der Waals surface area (Å²) in [7, 11) is 0. The van der Waals surface area contributed by atoms with Crippen molar-refractivity contribution in [2.75, 3.05) is 5.73 Å². The lowest BCUT2D eigenvalue weighted by atomic mass is 10.0. The average Bonchev–Trinajstić information content (AvgIpc) is 2.08. The highest BCUT2D eigenvalue weighted by atomic mass is 14.7. The Morgan fingerprint density at radius 3 is 2.83 bits per heavy atom. The van der Waals surface area contributed by atoms with Gasteiger partial charge in [-0.25, -0.2) is 0 Å². The maximum absolute atomic E-state index is 5.90. The first-order valence-corrected chi connectivity index (χ1v) is 4.37. The van der Waals surface area contributed by atoms with Crippen LogP contribution in [0.25, 0.3) is 0 Å². The van der Waals surface area contributed by atoms with Crippen LogP contribution in [0.2, 0.25) is 0 Å². The first kappa shape index (κ1) is 9.04. The molecule has 1 rings (SSSR count). The van der Waals surface area contributed by atoms with E-state index in [2.05, 4.69) is 18.8 Å². The van der Waals surface area contributed by atoms with Crippen molar-refractivity contribution in [1.29, 1.82) is 0 Å². The van der Waals surface area contributed by atoms with Gasteiger partial charge >= 0.3 is 0 Å². The number of aryl methyl sites for hydroxylation is 1. The van der Waals surface area contributed by atoms with Crippen LogP contribution in [0.5, 0.6) is 0 Å². The molecular weight excluding hydrogens is 148 g/mol. The van der Waals surface area contributed by atoms with Crippen molar-refractivity contribution in [2.45, 2.75) is 33.1 Å². The number of rotatable bonds is 2. The van der Waals surface area contributed by atoms with Crippen molar-refractivity contribution < 1.29 is 0 Å². The third-order valence-electron chi connectivity index (χ3n) is 2.32. The Bertz CT molecular complexity index is 269. The smallest absolute Gasteiger partial charge is 0.0663 e. The number of hydrogen-bond donors (Lipinski definition) is 1. The zero-order valence-corrected chi connectivity index (χ0v) is 7.96. The van der Waals surface area contributed by atoms with Crippen LogP contribution in [0.1, 0.15) is 37.4 Å². The van der Waals surface area contributed by atoms with E-state index in [1.165, 1.54) is 0 Å². The highest BCUT2D eigenvalue weighted by molar-refractivity contribution is 5.50. The molecule has 2 N–H and O–H groups in total. The van der Waals surface area contributed by atoms with E-state index >= 15 is 0 Å². The van der Waals surface area contributed by atoms with E-state index in [-0.39, 0.29) is 0 Å². The third kappa shape index (κ3) is 1.58. The second-order valence-electron chi connectivity index (χ2n) is 3.24. The molecular formula is C10H16N2. The number of pyridine rings is 1. The molecule has 0 aromatic carbocycles. The van der Waals surface area contributed by atoms with Crippen molar-refractivity contribution in [3.05, 3.63) is 23.5 Å². The number of nitrogens with zero attached hydrogens (tertiary/aromatic N) is 1. The molecule has 2 nitrogen and oxygen atoms in total. The van der Waals surface area contributed by atoms with Crippen LogP contribution in [-0.2, 0) is 0 Å². The SMILES string of the molecule is CCC(C)c1nccc(C)c1N. The summed E-state index contributed by atoms with van der Waals surface area (Å²) < 4.78 is 0. The van der Waals surface area contributed by atoms with Crippen molar-refractivity contribution in [3.8, 4) is 0 Å². The van der Waals surface area contributed by atoms with E-state index in [4.69, 9.17) is 5.73 Å². The molecule has 0 fully saturated rings. The number of hydrogen-bond acceptors (Lipinski definition) is 2. The van der Waals surface area contributed by atoms with Crippen LogP contribution < -0.4 is 5.73 Å². The van der Waals surface area contributed by atoms with Crippen LogP contribution >= 0.6 is 0 Å². The number of nitrogen functional groups attached to an aromatic ring is 1. The summed E-state index contributed by atoms with van der Waals surface area (Å²) in [5, 5.41) is 0. The summed E-state index contributed by atoms with van der Waals surface area (Å²) in [5.41, 5.74) is 8.91. The number of anilines is 1. The lowest BCUT2D eigenvalue weighted by Crippen LogP contribution is -2.03. The van der Waals surface area contributed by atoms with Gasteiger partial charge in [0.2, 0.25) is 0 Å². The molecule has 0 amide bonds. The molecule has 66 valence electrons. The van der Waals surface area contributed by atoms with Gasteiger partial charge in [0, 0.05) is 12.1 Å². The van der Waals surface area contributed by atoms with E-state index in [1.807, 2.05) is 19.2 Å². The molecule has 1 unspecified atom stereocenters. The molecule has 0 aliphatic carbocycles. The summed E-state index contributed by atoms with van der Waals surface area (Å²) in [6, 6.07) is 1.95. The summed E-state index contributed by atoms with van der Waals surface area (Å²) in [6.07, 6.45) is 2.91. The largest absolute Gasteiger partial charge is 0.397 e. The molecule has 0 aliphatic rings. The molecule has 0 saturated carbocycles. The van der Waals surface area contributed by atoms with Crippen molar-refractivity contribution in [1.82, 2.24) is 4.98 Å². The molecule has 1 heterocycles. The third-order valence-corrected chi connectivity index (χ3v) is 2.32. The molecule has 0 radical (unpaired) electrons. The summed E-state index contributed by atoms with van der Waals surface area (Å²) in [5.74, 6) is 0.463. The fourth-order valence-electron chi connectivity index (χ4n) is 1.18. The topological polar surface area (TPSA) is 38.9 Å². The maximum atomic E-state index is 5.90. The standard InChI is InChI=1S/C10H16N2/c1-4-7(2)10-9(11)8(3)5-6-12-10/h5-7H,4,11H2,1-3H3. The Labute approximate surface area is 73.8 Å². The molecule has 2 heteroatoms. The predicted octanol–water partition coefficient (Wildman–Crippen LogP) is 2.49. The van der Waals surface area contributed by atoms with Gasteiger partial charge in [-0.1, -0.05) is 13.8 Å². The highest BCUT2D eigenvalue weighted by Gasteiger charge is 2.09. The zero-order chi connectivity index (χ0) is 9.14. The lowest BCUT2D eigenvalue weighted by Gasteiger charge is -2.11. The second kappa shape index (κ2) is 3.57. The van der Waals surface area contributed by atoms with Crippen LogP contribution in [0.3, 0.4) is 0 Å². The van der Waals surface area contributed by atoms with Gasteiger partial charge in [-0.3, -0.25) is 4.98 Å². The summed E-state index contributed by atoms with van der Waals surface area (Å²) >= 11 is 0. The van der Waals surface area contributed by atoms with Crippen LogP contribution in [-0.4, -0.2) is 4.98 Å². The molecule has 0 saturated heterocycles. The summed E-state index contributed by atoms with van der Waals surface area (Å²) in [6.45, 7) is 6.31. The van der Waals surface area contributed by atoms with Crippen LogP contribution in [0.4, 0.5) is 5.69 Å². The van der Waals surface area contributed by atoms with Gasteiger partial charge in [0.1, 0.15) is 0 Å². The number of aromatic nitrogens is 1. The van der Waals surface area contributed by atoms with Gasteiger partial charge in [0.15, 0.2) is 0 Å². The molecule has 0 spiro atoms. The predicted molar refractivity (Wildman–Crippen MR) is 52.1 cm³/mol. The van der Waals surface area contributed by atoms with Gasteiger partial charge in [-0.15, -0.1) is 0 Å². The Morgan fingerprint density at radius 2 is 2.25 bits per heavy atom. The molecule has 0 aliphatic heterocycles. The Balaban J connectivity index is 3.07. The quantitative estimate of drug-likeness (QED) is 0.729. The molecule has 1 aromatic rings. The van der Waals surface area contributed by atoms with Gasteiger partial charge in [-0.05, 0) is 25.0 Å². The first-order valence-electron chi connectivity index (χ1n) is 4.37. The molecule has 0 bridgehead atoms.